The van der Waals surface area contributed by atoms with Crippen molar-refractivity contribution >= 4 is 55.1 Å². The smallest absolute Gasteiger partial charge is 0.345 e. The Kier molecular flexibility index (Phi) is 8.05. The van der Waals surface area contributed by atoms with Crippen LogP contribution in [0, 0.1) is 0 Å². The number of nitrogens with zero attached hydrogens (tertiary/aromatic N) is 5. The first kappa shape index (κ1) is 25.7. The van der Waals surface area contributed by atoms with Gasteiger partial charge in [0.15, 0.2) is 0 Å². The molecule has 5 rings (SSSR count). The van der Waals surface area contributed by atoms with Crippen LogP contribution in [0.5, 0.6) is 5.75 Å². The average Bonchev–Trinajstić information content (AvgIpc) is 3.57. The third kappa shape index (κ3) is 6.30. The molecule has 2 aromatic carbocycles. The predicted octanol–water partition coefficient (Wildman–Crippen LogP) is 3.46. The predicted molar refractivity (Wildman–Crippen MR) is 144 cm³/mol. The van der Waals surface area contributed by atoms with Gasteiger partial charge in [0.05, 0.1) is 30.3 Å². The molecule has 0 spiro atoms. The molecule has 0 unspecified atom stereocenters. The van der Waals surface area contributed by atoms with E-state index in [1.165, 1.54) is 12.5 Å². The number of aromatic nitrogens is 4. The van der Waals surface area contributed by atoms with Crippen molar-refractivity contribution in [2.24, 2.45) is 0 Å². The van der Waals surface area contributed by atoms with Crippen LogP contribution >= 0.6 is 23.1 Å². The van der Waals surface area contributed by atoms with Crippen molar-refractivity contribution in [3.05, 3.63) is 59.5 Å². The van der Waals surface area contributed by atoms with Gasteiger partial charge in [0.25, 0.3) is 0 Å². The van der Waals surface area contributed by atoms with E-state index >= 15 is 0 Å². The van der Waals surface area contributed by atoms with Crippen molar-refractivity contribution in [2.45, 2.75) is 13.0 Å². The Labute approximate surface area is 223 Å². The second-order valence-electron chi connectivity index (χ2n) is 8.35. The van der Waals surface area contributed by atoms with Gasteiger partial charge < -0.3 is 14.8 Å². The first-order valence-corrected chi connectivity index (χ1v) is 14.3. The number of benzene rings is 2. The molecule has 0 atom stereocenters. The van der Waals surface area contributed by atoms with Crippen LogP contribution in [0.15, 0.2) is 48.9 Å². The molecule has 1 saturated heterocycles. The summed E-state index contributed by atoms with van der Waals surface area (Å²) in [6.45, 7) is 5.60. The first-order valence-electron chi connectivity index (χ1n) is 11.7. The van der Waals surface area contributed by atoms with E-state index in [-0.39, 0.29) is 11.7 Å². The highest BCUT2D eigenvalue weighted by Gasteiger charge is 2.20. The van der Waals surface area contributed by atoms with E-state index in [1.54, 1.807) is 18.2 Å². The maximum atomic E-state index is 12.8. The minimum absolute atomic E-state index is 0.156. The topological polar surface area (TPSA) is 124 Å². The van der Waals surface area contributed by atoms with E-state index < -0.39 is 10.2 Å². The van der Waals surface area contributed by atoms with Crippen LogP contribution < -0.4 is 14.8 Å². The number of hydrogen-bond donors (Lipinski definition) is 2. The zero-order valence-electron chi connectivity index (χ0n) is 19.8. The fourth-order valence-corrected chi connectivity index (χ4v) is 5.91. The molecular formula is C23H26ClN7O4S2. The van der Waals surface area contributed by atoms with Crippen molar-refractivity contribution in [1.29, 1.82) is 0 Å². The second-order valence-corrected chi connectivity index (χ2v) is 11.1. The summed E-state index contributed by atoms with van der Waals surface area (Å²) >= 11 is 7.20. The van der Waals surface area contributed by atoms with Crippen molar-refractivity contribution in [2.75, 3.05) is 49.4 Å². The van der Waals surface area contributed by atoms with Gasteiger partial charge in [-0.1, -0.05) is 23.7 Å². The van der Waals surface area contributed by atoms with Crippen LogP contribution in [0.3, 0.4) is 0 Å². The monoisotopic (exact) mass is 563 g/mol. The fraction of sp³-hybridized carbons (Fsp3) is 0.348. The van der Waals surface area contributed by atoms with E-state index in [1.807, 2.05) is 18.2 Å². The summed E-state index contributed by atoms with van der Waals surface area (Å²) in [5, 5.41) is 8.92. The van der Waals surface area contributed by atoms with Gasteiger partial charge in [-0.15, -0.1) is 4.09 Å². The number of halogens is 1. The van der Waals surface area contributed by atoms with Gasteiger partial charge >= 0.3 is 10.2 Å². The lowest BCUT2D eigenvalue weighted by Crippen LogP contribution is -2.37. The van der Waals surface area contributed by atoms with E-state index in [9.17, 15) is 8.42 Å². The standard InChI is InChI=1S/C23H26ClN7O4S2/c24-18-6-5-17(20(13-18)25-7-2-8-30-9-11-34-12-10-30)15-35-22-4-1-3-21-19(22)14-27-31(21)37(32,33)29-23-26-16-28-36-23/h1,3-6,13-14,16,25H,2,7-12,15H2,(H,26,28,29). The Hall–Kier alpha value is -2.97. The molecule has 0 saturated carbocycles. The summed E-state index contributed by atoms with van der Waals surface area (Å²) < 4.78 is 44.3. The SMILES string of the molecule is O=S(=O)(Nc1ncns1)n1ncc2c(OCc3ccc(Cl)cc3NCCCN3CCOCC3)cccc21. The van der Waals surface area contributed by atoms with Crippen LogP contribution in [-0.2, 0) is 21.6 Å². The van der Waals surface area contributed by atoms with Gasteiger partial charge in [0, 0.05) is 47.4 Å². The Morgan fingerprint density at radius 3 is 2.86 bits per heavy atom. The van der Waals surface area contributed by atoms with Crippen molar-refractivity contribution in [1.82, 2.24) is 23.4 Å². The van der Waals surface area contributed by atoms with Crippen LogP contribution in [0.25, 0.3) is 10.9 Å². The van der Waals surface area contributed by atoms with Crippen molar-refractivity contribution < 1.29 is 17.9 Å². The zero-order chi connectivity index (χ0) is 25.7. The summed E-state index contributed by atoms with van der Waals surface area (Å²) in [7, 11) is -4.01. The molecule has 0 aliphatic carbocycles. The van der Waals surface area contributed by atoms with Gasteiger partial charge in [0.1, 0.15) is 18.7 Å². The Balaban J connectivity index is 1.26. The molecule has 1 fully saturated rings. The summed E-state index contributed by atoms with van der Waals surface area (Å²) in [5.41, 5.74) is 2.22. The van der Waals surface area contributed by atoms with Crippen LogP contribution in [0.2, 0.25) is 5.02 Å². The highest BCUT2D eigenvalue weighted by Crippen LogP contribution is 2.29. The zero-order valence-corrected chi connectivity index (χ0v) is 22.2. The molecule has 1 aliphatic rings. The third-order valence-electron chi connectivity index (χ3n) is 5.87. The molecule has 2 N–H and O–H groups in total. The lowest BCUT2D eigenvalue weighted by molar-refractivity contribution is 0.0378. The molecule has 11 nitrogen and oxygen atoms in total. The van der Waals surface area contributed by atoms with Gasteiger partial charge in [-0.2, -0.15) is 17.9 Å². The van der Waals surface area contributed by atoms with Crippen molar-refractivity contribution in [3.63, 3.8) is 0 Å². The normalized spacial score (nSPS) is 14.6. The summed E-state index contributed by atoms with van der Waals surface area (Å²) in [5.74, 6) is 0.517. The minimum atomic E-state index is -4.01. The van der Waals surface area contributed by atoms with Gasteiger partial charge in [-0.25, -0.2) is 9.71 Å². The van der Waals surface area contributed by atoms with Crippen molar-refractivity contribution in [3.8, 4) is 5.75 Å². The molecule has 14 heteroatoms. The lowest BCUT2D eigenvalue weighted by atomic mass is 10.2. The molecular weight excluding hydrogens is 538 g/mol. The summed E-state index contributed by atoms with van der Waals surface area (Å²) in [6, 6.07) is 10.8. The first-order chi connectivity index (χ1) is 18.0. The lowest BCUT2D eigenvalue weighted by Gasteiger charge is -2.26. The van der Waals surface area contributed by atoms with E-state index in [2.05, 4.69) is 29.4 Å². The number of hydrogen-bond acceptors (Lipinski definition) is 10. The maximum Gasteiger partial charge on any atom is 0.345 e. The van der Waals surface area contributed by atoms with Gasteiger partial charge in [-0.05, 0) is 37.2 Å². The Bertz CT molecular complexity index is 1440. The maximum absolute atomic E-state index is 12.8. The number of fused-ring (bicyclic) bond motifs is 1. The fourth-order valence-electron chi connectivity index (χ4n) is 4.04. The summed E-state index contributed by atoms with van der Waals surface area (Å²) in [6.07, 6.45) is 3.74. The largest absolute Gasteiger partial charge is 0.488 e. The molecule has 3 heterocycles. The Morgan fingerprint density at radius 2 is 2.05 bits per heavy atom. The molecule has 196 valence electrons. The van der Waals surface area contributed by atoms with E-state index in [0.29, 0.717) is 21.7 Å². The number of rotatable bonds is 11. The molecule has 0 radical (unpaired) electrons. The van der Waals surface area contributed by atoms with Crippen LogP contribution in [0.1, 0.15) is 12.0 Å². The van der Waals surface area contributed by atoms with E-state index in [0.717, 1.165) is 72.7 Å². The number of morpholine rings is 1. The van der Waals surface area contributed by atoms with Crippen LogP contribution in [-0.4, -0.2) is 71.3 Å². The van der Waals surface area contributed by atoms with Gasteiger partial charge in [-0.3, -0.25) is 4.90 Å². The third-order valence-corrected chi connectivity index (χ3v) is 8.01. The average molecular weight is 564 g/mol. The molecule has 0 bridgehead atoms. The molecule has 37 heavy (non-hydrogen) atoms. The molecule has 4 aromatic rings. The highest BCUT2D eigenvalue weighted by molar-refractivity contribution is 7.91. The summed E-state index contributed by atoms with van der Waals surface area (Å²) in [4.78, 5) is 6.27. The van der Waals surface area contributed by atoms with Gasteiger partial charge in [0.2, 0.25) is 5.13 Å². The number of ether oxygens (including phenoxy) is 2. The molecule has 1 aliphatic heterocycles. The quantitative estimate of drug-likeness (QED) is 0.264. The number of anilines is 2. The molecule has 2 aromatic heterocycles. The second kappa shape index (κ2) is 11.6. The molecule has 0 amide bonds. The highest BCUT2D eigenvalue weighted by atomic mass is 35.5. The van der Waals surface area contributed by atoms with E-state index in [4.69, 9.17) is 21.1 Å². The van der Waals surface area contributed by atoms with Crippen LogP contribution in [0.4, 0.5) is 10.8 Å². The Morgan fingerprint density at radius 1 is 1.19 bits per heavy atom. The number of nitrogens with one attached hydrogen (secondary N) is 2. The minimum Gasteiger partial charge on any atom is -0.488 e.